The van der Waals surface area contributed by atoms with Gasteiger partial charge in [0.05, 0.1) is 5.69 Å². The SMILES string of the molecule is CCc1nc(N2CCC(N3CCCC3)C2)sc1CN. The Labute approximate surface area is 119 Å². The van der Waals surface area contributed by atoms with Crippen LogP contribution in [0.2, 0.25) is 0 Å². The van der Waals surface area contributed by atoms with E-state index in [0.717, 1.165) is 25.6 Å². The van der Waals surface area contributed by atoms with Crippen molar-refractivity contribution in [3.63, 3.8) is 0 Å². The molecular formula is C14H24N4S. The molecule has 1 aromatic heterocycles. The topological polar surface area (TPSA) is 45.4 Å². The van der Waals surface area contributed by atoms with Gasteiger partial charge in [0.2, 0.25) is 0 Å². The van der Waals surface area contributed by atoms with Crippen LogP contribution in [0.25, 0.3) is 0 Å². The average molecular weight is 280 g/mol. The molecule has 2 fully saturated rings. The lowest BCUT2D eigenvalue weighted by Crippen LogP contribution is -2.35. The summed E-state index contributed by atoms with van der Waals surface area (Å²) >= 11 is 1.80. The predicted octanol–water partition coefficient (Wildman–Crippen LogP) is 1.84. The summed E-state index contributed by atoms with van der Waals surface area (Å²) in [5.41, 5.74) is 7.01. The van der Waals surface area contributed by atoms with Gasteiger partial charge >= 0.3 is 0 Å². The highest BCUT2D eigenvalue weighted by atomic mass is 32.1. The quantitative estimate of drug-likeness (QED) is 0.914. The van der Waals surface area contributed by atoms with Crippen molar-refractivity contribution >= 4 is 16.5 Å². The van der Waals surface area contributed by atoms with Gasteiger partial charge in [-0.05, 0) is 38.8 Å². The van der Waals surface area contributed by atoms with Crippen molar-refractivity contribution < 1.29 is 0 Å². The van der Waals surface area contributed by atoms with E-state index >= 15 is 0 Å². The molecular weight excluding hydrogens is 256 g/mol. The summed E-state index contributed by atoms with van der Waals surface area (Å²) in [6, 6.07) is 0.748. The van der Waals surface area contributed by atoms with Crippen LogP contribution < -0.4 is 10.6 Å². The Morgan fingerprint density at radius 3 is 2.74 bits per heavy atom. The van der Waals surface area contributed by atoms with Gasteiger partial charge in [-0.2, -0.15) is 0 Å². The number of anilines is 1. The molecule has 0 aliphatic carbocycles. The van der Waals surface area contributed by atoms with Crippen molar-refractivity contribution in [1.29, 1.82) is 0 Å². The van der Waals surface area contributed by atoms with Crippen LogP contribution in [0.3, 0.4) is 0 Å². The Kier molecular flexibility index (Phi) is 4.05. The minimum absolute atomic E-state index is 0.629. The zero-order valence-electron chi connectivity index (χ0n) is 11.8. The summed E-state index contributed by atoms with van der Waals surface area (Å²) in [5.74, 6) is 0. The largest absolute Gasteiger partial charge is 0.346 e. The number of aryl methyl sites for hydroxylation is 1. The third-order valence-electron chi connectivity index (χ3n) is 4.38. The summed E-state index contributed by atoms with van der Waals surface area (Å²) in [6.07, 6.45) is 5.04. The molecule has 2 aliphatic rings. The normalized spacial score (nSPS) is 24.5. The van der Waals surface area contributed by atoms with Crippen molar-refractivity contribution in [3.8, 4) is 0 Å². The first kappa shape index (κ1) is 13.3. The lowest BCUT2D eigenvalue weighted by molar-refractivity contribution is 0.260. The van der Waals surface area contributed by atoms with Gasteiger partial charge in [0, 0.05) is 30.6 Å². The van der Waals surface area contributed by atoms with E-state index in [9.17, 15) is 0 Å². The second-order valence-electron chi connectivity index (χ2n) is 5.56. The molecule has 2 aliphatic heterocycles. The Hall–Kier alpha value is -0.650. The van der Waals surface area contributed by atoms with Crippen molar-refractivity contribution in [2.45, 2.75) is 45.2 Å². The molecule has 5 heteroatoms. The van der Waals surface area contributed by atoms with Crippen LogP contribution in [0.5, 0.6) is 0 Å². The van der Waals surface area contributed by atoms with E-state index < -0.39 is 0 Å². The van der Waals surface area contributed by atoms with Gasteiger partial charge in [-0.3, -0.25) is 4.90 Å². The van der Waals surface area contributed by atoms with Gasteiger partial charge in [-0.25, -0.2) is 4.98 Å². The van der Waals surface area contributed by atoms with Gasteiger partial charge in [0.1, 0.15) is 0 Å². The van der Waals surface area contributed by atoms with E-state index in [0.29, 0.717) is 6.54 Å². The maximum atomic E-state index is 5.81. The first-order chi connectivity index (χ1) is 9.31. The van der Waals surface area contributed by atoms with Gasteiger partial charge in [-0.1, -0.05) is 6.92 Å². The summed E-state index contributed by atoms with van der Waals surface area (Å²) in [7, 11) is 0. The highest BCUT2D eigenvalue weighted by Gasteiger charge is 2.30. The van der Waals surface area contributed by atoms with Crippen molar-refractivity contribution in [3.05, 3.63) is 10.6 Å². The minimum Gasteiger partial charge on any atom is -0.346 e. The maximum absolute atomic E-state index is 5.81. The summed E-state index contributed by atoms with van der Waals surface area (Å²) in [5, 5.41) is 1.19. The van der Waals surface area contributed by atoms with Crippen LogP contribution in [-0.2, 0) is 13.0 Å². The number of hydrogen-bond acceptors (Lipinski definition) is 5. The number of thiazole rings is 1. The van der Waals surface area contributed by atoms with E-state index in [2.05, 4.69) is 16.7 Å². The Morgan fingerprint density at radius 1 is 1.32 bits per heavy atom. The second kappa shape index (κ2) is 5.77. The fourth-order valence-electron chi connectivity index (χ4n) is 3.26. The van der Waals surface area contributed by atoms with E-state index in [4.69, 9.17) is 10.7 Å². The molecule has 19 heavy (non-hydrogen) atoms. The third-order valence-corrected chi connectivity index (χ3v) is 5.56. The molecule has 2 saturated heterocycles. The van der Waals surface area contributed by atoms with E-state index in [1.54, 1.807) is 11.3 Å². The zero-order chi connectivity index (χ0) is 13.2. The molecule has 3 heterocycles. The molecule has 0 bridgehead atoms. The summed E-state index contributed by atoms with van der Waals surface area (Å²) in [6.45, 7) is 7.69. The highest BCUT2D eigenvalue weighted by molar-refractivity contribution is 7.15. The third kappa shape index (κ3) is 2.64. The van der Waals surface area contributed by atoms with Crippen LogP contribution in [0.4, 0.5) is 5.13 Å². The van der Waals surface area contributed by atoms with Crippen LogP contribution >= 0.6 is 11.3 Å². The molecule has 4 nitrogen and oxygen atoms in total. The van der Waals surface area contributed by atoms with Crippen molar-refractivity contribution in [1.82, 2.24) is 9.88 Å². The van der Waals surface area contributed by atoms with E-state index in [1.807, 2.05) is 0 Å². The predicted molar refractivity (Wildman–Crippen MR) is 80.8 cm³/mol. The molecule has 106 valence electrons. The van der Waals surface area contributed by atoms with Crippen molar-refractivity contribution in [2.75, 3.05) is 31.1 Å². The van der Waals surface area contributed by atoms with E-state index in [1.165, 1.54) is 48.1 Å². The first-order valence-corrected chi connectivity index (χ1v) is 8.31. The van der Waals surface area contributed by atoms with Crippen molar-refractivity contribution in [2.24, 2.45) is 5.73 Å². The average Bonchev–Trinajstić information content (AvgIpc) is 3.16. The van der Waals surface area contributed by atoms with Gasteiger partial charge in [0.15, 0.2) is 5.13 Å². The molecule has 0 amide bonds. The number of hydrogen-bond donors (Lipinski definition) is 1. The van der Waals surface area contributed by atoms with E-state index in [-0.39, 0.29) is 0 Å². The summed E-state index contributed by atoms with van der Waals surface area (Å²) < 4.78 is 0. The minimum atomic E-state index is 0.629. The Bertz CT molecular complexity index is 404. The lowest BCUT2D eigenvalue weighted by atomic mass is 10.2. The summed E-state index contributed by atoms with van der Waals surface area (Å²) in [4.78, 5) is 11.2. The number of nitrogens with two attached hydrogens (primary N) is 1. The fourth-order valence-corrected chi connectivity index (χ4v) is 4.32. The van der Waals surface area contributed by atoms with Gasteiger partial charge in [-0.15, -0.1) is 11.3 Å². The van der Waals surface area contributed by atoms with Gasteiger partial charge in [0.25, 0.3) is 0 Å². The standard InChI is InChI=1S/C14H24N4S/c1-2-12-13(9-15)19-14(16-12)18-8-5-11(10-18)17-6-3-4-7-17/h11H,2-10,15H2,1H3. The smallest absolute Gasteiger partial charge is 0.185 e. The molecule has 0 aromatic carbocycles. The van der Waals surface area contributed by atoms with Crippen LogP contribution in [0, 0.1) is 0 Å². The second-order valence-corrected chi connectivity index (χ2v) is 6.62. The molecule has 1 atom stereocenters. The molecule has 2 N–H and O–H groups in total. The number of likely N-dealkylation sites (tertiary alicyclic amines) is 1. The maximum Gasteiger partial charge on any atom is 0.185 e. The van der Waals surface area contributed by atoms with Crippen LogP contribution in [-0.4, -0.2) is 42.1 Å². The monoisotopic (exact) mass is 280 g/mol. The fraction of sp³-hybridized carbons (Fsp3) is 0.786. The number of nitrogens with zero attached hydrogens (tertiary/aromatic N) is 3. The van der Waals surface area contributed by atoms with Gasteiger partial charge < -0.3 is 10.6 Å². The zero-order valence-corrected chi connectivity index (χ0v) is 12.6. The lowest BCUT2D eigenvalue weighted by Gasteiger charge is -2.23. The first-order valence-electron chi connectivity index (χ1n) is 7.49. The molecule has 0 saturated carbocycles. The van der Waals surface area contributed by atoms with Crippen LogP contribution in [0.15, 0.2) is 0 Å². The highest BCUT2D eigenvalue weighted by Crippen LogP contribution is 2.30. The Balaban J connectivity index is 1.68. The molecule has 0 spiro atoms. The Morgan fingerprint density at radius 2 is 2.11 bits per heavy atom. The molecule has 1 unspecified atom stereocenters. The molecule has 3 rings (SSSR count). The molecule has 0 radical (unpaired) electrons. The number of rotatable bonds is 4. The number of aromatic nitrogens is 1. The van der Waals surface area contributed by atoms with Crippen LogP contribution in [0.1, 0.15) is 36.8 Å². The molecule has 1 aromatic rings.